The fraction of sp³-hybridized carbons (Fsp3) is 0.519. The summed E-state index contributed by atoms with van der Waals surface area (Å²) in [7, 11) is 0. The number of hydrogen-bond acceptors (Lipinski definition) is 2. The Balaban J connectivity index is 1.34. The fourth-order valence-corrected chi connectivity index (χ4v) is 5.15. The normalized spacial score (nSPS) is 20.0. The highest BCUT2D eigenvalue weighted by atomic mass is 16.2. The van der Waals surface area contributed by atoms with Crippen molar-refractivity contribution in [1.82, 2.24) is 9.80 Å². The quantitative estimate of drug-likeness (QED) is 0.636. The van der Waals surface area contributed by atoms with Crippen molar-refractivity contribution in [1.29, 1.82) is 0 Å². The van der Waals surface area contributed by atoms with E-state index >= 15 is 0 Å². The maximum absolute atomic E-state index is 13.2. The first-order valence-corrected chi connectivity index (χ1v) is 11.9. The molecular weight excluding hydrogens is 368 g/mol. The van der Waals surface area contributed by atoms with Crippen molar-refractivity contribution >= 4 is 5.91 Å². The Morgan fingerprint density at radius 1 is 0.867 bits per heavy atom. The third-order valence-corrected chi connectivity index (χ3v) is 7.04. The summed E-state index contributed by atoms with van der Waals surface area (Å²) in [6, 6.07) is 19.9. The predicted octanol–water partition coefficient (Wildman–Crippen LogP) is 5.25. The van der Waals surface area contributed by atoms with Crippen LogP contribution in [-0.2, 0) is 11.2 Å². The van der Waals surface area contributed by atoms with E-state index < -0.39 is 0 Å². The molecule has 1 saturated heterocycles. The molecular formula is C27H36N2O. The first kappa shape index (κ1) is 21.1. The number of piperazine rings is 1. The molecule has 160 valence electrons. The lowest BCUT2D eigenvalue weighted by Gasteiger charge is -2.40. The lowest BCUT2D eigenvalue weighted by Crippen LogP contribution is -2.52. The average Bonchev–Trinajstić information content (AvgIpc) is 3.09. The van der Waals surface area contributed by atoms with Gasteiger partial charge in [0.05, 0.1) is 5.92 Å². The van der Waals surface area contributed by atoms with Crippen molar-refractivity contribution in [3.63, 3.8) is 0 Å². The summed E-state index contributed by atoms with van der Waals surface area (Å²) < 4.78 is 0. The Labute approximate surface area is 182 Å². The first-order valence-electron chi connectivity index (χ1n) is 11.9. The Bertz CT molecular complexity index is 803. The molecule has 4 rings (SSSR count). The lowest BCUT2D eigenvalue weighted by molar-refractivity contribution is -0.134. The van der Waals surface area contributed by atoms with Crippen molar-refractivity contribution in [2.45, 2.75) is 63.8 Å². The summed E-state index contributed by atoms with van der Waals surface area (Å²) in [4.78, 5) is 18.0. The summed E-state index contributed by atoms with van der Waals surface area (Å²) in [5, 5.41) is 0. The van der Waals surface area contributed by atoms with E-state index in [1.807, 2.05) is 0 Å². The number of nitrogens with zero attached hydrogens (tertiary/aromatic N) is 2. The maximum Gasteiger partial charge on any atom is 0.229 e. The van der Waals surface area contributed by atoms with Crippen LogP contribution in [0.2, 0.25) is 0 Å². The second kappa shape index (κ2) is 10.3. The van der Waals surface area contributed by atoms with Gasteiger partial charge in [-0.1, -0.05) is 80.3 Å². The minimum atomic E-state index is -0.0786. The smallest absolute Gasteiger partial charge is 0.229 e. The average molecular weight is 405 g/mol. The molecule has 0 radical (unpaired) electrons. The van der Waals surface area contributed by atoms with Crippen LogP contribution in [0.15, 0.2) is 54.6 Å². The van der Waals surface area contributed by atoms with Crippen LogP contribution in [-0.4, -0.2) is 47.9 Å². The van der Waals surface area contributed by atoms with Crippen molar-refractivity contribution in [2.24, 2.45) is 0 Å². The van der Waals surface area contributed by atoms with E-state index in [0.29, 0.717) is 0 Å². The molecule has 0 bridgehead atoms. The van der Waals surface area contributed by atoms with Crippen LogP contribution in [0.3, 0.4) is 0 Å². The highest BCUT2D eigenvalue weighted by molar-refractivity contribution is 5.83. The van der Waals surface area contributed by atoms with Gasteiger partial charge in [0, 0.05) is 32.2 Å². The summed E-state index contributed by atoms with van der Waals surface area (Å²) in [6.45, 7) is 5.91. The molecule has 0 aromatic heterocycles. The van der Waals surface area contributed by atoms with Crippen LogP contribution in [0.5, 0.6) is 0 Å². The summed E-state index contributed by atoms with van der Waals surface area (Å²) in [5.74, 6) is 0.206. The van der Waals surface area contributed by atoms with E-state index in [2.05, 4.69) is 71.3 Å². The second-order valence-corrected chi connectivity index (χ2v) is 9.14. The number of carbonyl (C=O) groups is 1. The van der Waals surface area contributed by atoms with Crippen molar-refractivity contribution in [2.75, 3.05) is 26.2 Å². The predicted molar refractivity (Wildman–Crippen MR) is 124 cm³/mol. The highest BCUT2D eigenvalue weighted by Gasteiger charge is 2.29. The number of hydrogen-bond donors (Lipinski definition) is 0. The van der Waals surface area contributed by atoms with Gasteiger partial charge in [0.25, 0.3) is 0 Å². The summed E-state index contributed by atoms with van der Waals surface area (Å²) in [5.41, 5.74) is 3.72. The Morgan fingerprint density at radius 2 is 1.53 bits per heavy atom. The SMILES string of the molecule is CC(C(=O)N1CCN(C2CCCCCC2)CC1)c1cccc(Cc2ccccc2)c1. The van der Waals surface area contributed by atoms with E-state index in [1.54, 1.807) is 0 Å². The van der Waals surface area contributed by atoms with Gasteiger partial charge in [-0.15, -0.1) is 0 Å². The standard InChI is InChI=1S/C27H36N2O/c1-22(25-13-9-12-24(21-25)20-23-10-5-4-6-11-23)27(30)29-18-16-28(17-19-29)26-14-7-2-3-8-15-26/h4-6,9-13,21-22,26H,2-3,7-8,14-20H2,1H3. The van der Waals surface area contributed by atoms with Crippen LogP contribution in [0, 0.1) is 0 Å². The summed E-state index contributed by atoms with van der Waals surface area (Å²) >= 11 is 0. The van der Waals surface area contributed by atoms with Gasteiger partial charge in [-0.3, -0.25) is 9.69 Å². The molecule has 1 amide bonds. The fourth-order valence-electron chi connectivity index (χ4n) is 5.15. The molecule has 2 aromatic rings. The Hall–Kier alpha value is -2.13. The Kier molecular flexibility index (Phi) is 7.22. The number of amides is 1. The van der Waals surface area contributed by atoms with E-state index in [1.165, 1.54) is 49.7 Å². The molecule has 1 atom stereocenters. The molecule has 1 saturated carbocycles. The van der Waals surface area contributed by atoms with Crippen LogP contribution >= 0.6 is 0 Å². The molecule has 3 heteroatoms. The monoisotopic (exact) mass is 404 g/mol. The molecule has 1 heterocycles. The molecule has 1 aliphatic heterocycles. The van der Waals surface area contributed by atoms with Crippen LogP contribution < -0.4 is 0 Å². The van der Waals surface area contributed by atoms with E-state index in [-0.39, 0.29) is 11.8 Å². The van der Waals surface area contributed by atoms with Gasteiger partial charge in [0.1, 0.15) is 0 Å². The van der Waals surface area contributed by atoms with E-state index in [4.69, 9.17) is 0 Å². The molecule has 2 aliphatic rings. The molecule has 0 N–H and O–H groups in total. The van der Waals surface area contributed by atoms with E-state index in [9.17, 15) is 4.79 Å². The van der Waals surface area contributed by atoms with Gasteiger partial charge in [-0.05, 0) is 42.9 Å². The zero-order valence-electron chi connectivity index (χ0n) is 18.4. The van der Waals surface area contributed by atoms with Gasteiger partial charge in [0.2, 0.25) is 5.91 Å². The van der Waals surface area contributed by atoms with Crippen LogP contribution in [0.1, 0.15) is 68.1 Å². The molecule has 1 aliphatic carbocycles. The van der Waals surface area contributed by atoms with Crippen LogP contribution in [0.4, 0.5) is 0 Å². The first-order chi connectivity index (χ1) is 14.7. The minimum absolute atomic E-state index is 0.0786. The zero-order valence-corrected chi connectivity index (χ0v) is 18.4. The molecule has 3 nitrogen and oxygen atoms in total. The Morgan fingerprint density at radius 3 is 2.23 bits per heavy atom. The topological polar surface area (TPSA) is 23.6 Å². The zero-order chi connectivity index (χ0) is 20.8. The largest absolute Gasteiger partial charge is 0.340 e. The van der Waals surface area contributed by atoms with Gasteiger partial charge in [-0.2, -0.15) is 0 Å². The van der Waals surface area contributed by atoms with Gasteiger partial charge >= 0.3 is 0 Å². The molecule has 2 aromatic carbocycles. The van der Waals surface area contributed by atoms with Gasteiger partial charge in [0.15, 0.2) is 0 Å². The van der Waals surface area contributed by atoms with Crippen LogP contribution in [0.25, 0.3) is 0 Å². The highest BCUT2D eigenvalue weighted by Crippen LogP contribution is 2.25. The van der Waals surface area contributed by atoms with Crippen molar-refractivity contribution in [3.8, 4) is 0 Å². The molecule has 2 fully saturated rings. The second-order valence-electron chi connectivity index (χ2n) is 9.14. The number of carbonyl (C=O) groups excluding carboxylic acids is 1. The minimum Gasteiger partial charge on any atom is -0.340 e. The lowest BCUT2D eigenvalue weighted by atomic mass is 9.95. The third kappa shape index (κ3) is 5.31. The molecule has 1 unspecified atom stereocenters. The summed E-state index contributed by atoms with van der Waals surface area (Å²) in [6.07, 6.45) is 9.15. The molecule has 30 heavy (non-hydrogen) atoms. The van der Waals surface area contributed by atoms with Gasteiger partial charge in [-0.25, -0.2) is 0 Å². The maximum atomic E-state index is 13.2. The van der Waals surface area contributed by atoms with Crippen molar-refractivity contribution in [3.05, 3.63) is 71.3 Å². The van der Waals surface area contributed by atoms with E-state index in [0.717, 1.165) is 44.2 Å². The third-order valence-electron chi connectivity index (χ3n) is 7.04. The number of rotatable bonds is 5. The number of benzene rings is 2. The van der Waals surface area contributed by atoms with Gasteiger partial charge < -0.3 is 4.90 Å². The van der Waals surface area contributed by atoms with Crippen molar-refractivity contribution < 1.29 is 4.79 Å². The molecule has 0 spiro atoms.